The van der Waals surface area contributed by atoms with Crippen molar-refractivity contribution >= 4 is 0 Å². The van der Waals surface area contributed by atoms with E-state index in [1.54, 1.807) is 0 Å². The number of rotatable bonds is 7. The highest BCUT2D eigenvalue weighted by molar-refractivity contribution is 4.99. The normalized spacial score (nSPS) is 13.3. The molecule has 0 spiro atoms. The van der Waals surface area contributed by atoms with Crippen molar-refractivity contribution < 1.29 is 0 Å². The summed E-state index contributed by atoms with van der Waals surface area (Å²) in [5.41, 5.74) is 1.27. The van der Waals surface area contributed by atoms with E-state index in [1.165, 1.54) is 12.0 Å². The third-order valence-electron chi connectivity index (χ3n) is 2.44. The first-order chi connectivity index (χ1) is 6.11. The molecule has 0 amide bonds. The fraction of sp³-hybridized carbons (Fsp3) is 0.818. The zero-order valence-electron chi connectivity index (χ0n) is 9.56. The van der Waals surface area contributed by atoms with Crippen molar-refractivity contribution in [1.29, 1.82) is 0 Å². The summed E-state index contributed by atoms with van der Waals surface area (Å²) in [5, 5.41) is 3.28. The van der Waals surface area contributed by atoms with Gasteiger partial charge in [-0.25, -0.2) is 0 Å². The molecule has 0 aromatic carbocycles. The van der Waals surface area contributed by atoms with Crippen molar-refractivity contribution in [2.45, 2.75) is 33.2 Å². The van der Waals surface area contributed by atoms with Crippen molar-refractivity contribution in [1.82, 2.24) is 10.2 Å². The molecule has 1 atom stereocenters. The Kier molecular flexibility index (Phi) is 6.92. The van der Waals surface area contributed by atoms with Gasteiger partial charge >= 0.3 is 0 Å². The largest absolute Gasteiger partial charge is 0.313 e. The van der Waals surface area contributed by atoms with Crippen molar-refractivity contribution in [3.8, 4) is 0 Å². The Hall–Kier alpha value is -0.340. The van der Waals surface area contributed by atoms with E-state index >= 15 is 0 Å². The second-order valence-corrected chi connectivity index (χ2v) is 3.70. The number of nitrogens with zero attached hydrogens (tertiary/aromatic N) is 1. The Balaban J connectivity index is 3.64. The summed E-state index contributed by atoms with van der Waals surface area (Å²) >= 11 is 0. The van der Waals surface area contributed by atoms with Gasteiger partial charge in [-0.05, 0) is 32.5 Å². The van der Waals surface area contributed by atoms with E-state index in [9.17, 15) is 0 Å². The Morgan fingerprint density at radius 1 is 1.46 bits per heavy atom. The van der Waals surface area contributed by atoms with E-state index in [0.717, 1.165) is 19.6 Å². The molecule has 0 heterocycles. The molecular weight excluding hydrogens is 160 g/mol. The molecule has 0 saturated heterocycles. The van der Waals surface area contributed by atoms with Crippen LogP contribution in [0.5, 0.6) is 0 Å². The van der Waals surface area contributed by atoms with Crippen LogP contribution in [0.3, 0.4) is 0 Å². The van der Waals surface area contributed by atoms with Gasteiger partial charge in [0.1, 0.15) is 0 Å². The zero-order chi connectivity index (χ0) is 10.3. The van der Waals surface area contributed by atoms with Crippen LogP contribution >= 0.6 is 0 Å². The molecule has 0 aliphatic heterocycles. The lowest BCUT2D eigenvalue weighted by Gasteiger charge is -2.24. The topological polar surface area (TPSA) is 15.3 Å². The van der Waals surface area contributed by atoms with Gasteiger partial charge in [0.2, 0.25) is 0 Å². The van der Waals surface area contributed by atoms with E-state index in [2.05, 4.69) is 44.6 Å². The molecule has 0 saturated carbocycles. The monoisotopic (exact) mass is 184 g/mol. The highest BCUT2D eigenvalue weighted by atomic mass is 15.1. The third kappa shape index (κ3) is 5.83. The molecule has 1 N–H and O–H groups in total. The van der Waals surface area contributed by atoms with E-state index in [0.29, 0.717) is 6.04 Å². The Bertz CT molecular complexity index is 143. The average Bonchev–Trinajstić information content (AvgIpc) is 2.13. The lowest BCUT2D eigenvalue weighted by Crippen LogP contribution is -2.32. The summed E-state index contributed by atoms with van der Waals surface area (Å²) in [6, 6.07) is 0.651. The molecule has 0 aliphatic rings. The fourth-order valence-electron chi connectivity index (χ4n) is 1.18. The van der Waals surface area contributed by atoms with Crippen molar-refractivity contribution in [3.63, 3.8) is 0 Å². The zero-order valence-corrected chi connectivity index (χ0v) is 9.56. The molecule has 13 heavy (non-hydrogen) atoms. The standard InChI is InChI=1S/C11H24N2/c1-6-11(4)13(5)9-10(3)8-12-7-2/h11-12H,3,6-9H2,1-2,4-5H3. The summed E-state index contributed by atoms with van der Waals surface area (Å²) in [4.78, 5) is 2.35. The first-order valence-corrected chi connectivity index (χ1v) is 5.19. The van der Waals surface area contributed by atoms with Gasteiger partial charge in [-0.3, -0.25) is 4.90 Å². The Morgan fingerprint density at radius 3 is 2.54 bits per heavy atom. The van der Waals surface area contributed by atoms with Gasteiger partial charge in [-0.1, -0.05) is 20.4 Å². The number of nitrogens with one attached hydrogen (secondary N) is 1. The number of likely N-dealkylation sites (N-methyl/N-ethyl adjacent to an activating group) is 2. The van der Waals surface area contributed by atoms with Crippen LogP contribution in [-0.2, 0) is 0 Å². The summed E-state index contributed by atoms with van der Waals surface area (Å²) in [5.74, 6) is 0. The smallest absolute Gasteiger partial charge is 0.0202 e. The molecule has 2 heteroatoms. The van der Waals surface area contributed by atoms with E-state index < -0.39 is 0 Å². The van der Waals surface area contributed by atoms with Crippen LogP contribution < -0.4 is 5.32 Å². The minimum atomic E-state index is 0.651. The van der Waals surface area contributed by atoms with Gasteiger partial charge in [0, 0.05) is 19.1 Å². The summed E-state index contributed by atoms with van der Waals surface area (Å²) < 4.78 is 0. The van der Waals surface area contributed by atoms with Crippen LogP contribution in [0.2, 0.25) is 0 Å². The second kappa shape index (κ2) is 7.10. The molecule has 78 valence electrons. The van der Waals surface area contributed by atoms with Crippen LogP contribution in [-0.4, -0.2) is 37.6 Å². The van der Waals surface area contributed by atoms with Crippen molar-refractivity contribution in [2.75, 3.05) is 26.7 Å². The fourth-order valence-corrected chi connectivity index (χ4v) is 1.18. The van der Waals surface area contributed by atoms with E-state index in [4.69, 9.17) is 0 Å². The van der Waals surface area contributed by atoms with Crippen molar-refractivity contribution in [3.05, 3.63) is 12.2 Å². The first-order valence-electron chi connectivity index (χ1n) is 5.19. The van der Waals surface area contributed by atoms with Gasteiger partial charge in [-0.15, -0.1) is 0 Å². The van der Waals surface area contributed by atoms with Gasteiger partial charge in [0.15, 0.2) is 0 Å². The SMILES string of the molecule is C=C(CNCC)CN(C)C(C)CC. The quantitative estimate of drug-likeness (QED) is 0.608. The lowest BCUT2D eigenvalue weighted by molar-refractivity contribution is 0.271. The van der Waals surface area contributed by atoms with Gasteiger partial charge in [0.05, 0.1) is 0 Å². The maximum atomic E-state index is 4.04. The maximum absolute atomic E-state index is 4.04. The predicted molar refractivity (Wildman–Crippen MR) is 60.1 cm³/mol. The van der Waals surface area contributed by atoms with E-state index in [1.807, 2.05) is 0 Å². The van der Waals surface area contributed by atoms with Gasteiger partial charge in [0.25, 0.3) is 0 Å². The first kappa shape index (κ1) is 12.7. The van der Waals surface area contributed by atoms with Crippen LogP contribution in [0, 0.1) is 0 Å². The molecule has 1 unspecified atom stereocenters. The summed E-state index contributed by atoms with van der Waals surface area (Å²) in [6.07, 6.45) is 1.20. The number of hydrogen-bond acceptors (Lipinski definition) is 2. The second-order valence-electron chi connectivity index (χ2n) is 3.70. The molecular formula is C11H24N2. The highest BCUT2D eigenvalue weighted by Crippen LogP contribution is 2.02. The van der Waals surface area contributed by atoms with Gasteiger partial charge in [-0.2, -0.15) is 0 Å². The van der Waals surface area contributed by atoms with Gasteiger partial charge < -0.3 is 5.32 Å². The van der Waals surface area contributed by atoms with E-state index in [-0.39, 0.29) is 0 Å². The predicted octanol–water partition coefficient (Wildman–Crippen LogP) is 1.88. The number of hydrogen-bond donors (Lipinski definition) is 1. The molecule has 2 nitrogen and oxygen atoms in total. The Labute approximate surface area is 83.0 Å². The third-order valence-corrected chi connectivity index (χ3v) is 2.44. The van der Waals surface area contributed by atoms with Crippen LogP contribution in [0.25, 0.3) is 0 Å². The average molecular weight is 184 g/mol. The maximum Gasteiger partial charge on any atom is 0.0202 e. The van der Waals surface area contributed by atoms with Crippen LogP contribution in [0.15, 0.2) is 12.2 Å². The minimum Gasteiger partial charge on any atom is -0.313 e. The van der Waals surface area contributed by atoms with Crippen LogP contribution in [0.1, 0.15) is 27.2 Å². The van der Waals surface area contributed by atoms with Crippen molar-refractivity contribution in [2.24, 2.45) is 0 Å². The summed E-state index contributed by atoms with van der Waals surface area (Å²) in [6.45, 7) is 13.6. The summed E-state index contributed by atoms with van der Waals surface area (Å²) in [7, 11) is 2.16. The molecule has 0 fully saturated rings. The minimum absolute atomic E-state index is 0.651. The van der Waals surface area contributed by atoms with Crippen LogP contribution in [0.4, 0.5) is 0 Å². The Morgan fingerprint density at radius 2 is 2.08 bits per heavy atom. The lowest BCUT2D eigenvalue weighted by atomic mass is 10.2. The molecule has 0 aromatic heterocycles. The molecule has 0 bridgehead atoms. The highest BCUT2D eigenvalue weighted by Gasteiger charge is 2.06. The molecule has 0 rings (SSSR count). The molecule has 0 aromatic rings. The molecule has 0 aliphatic carbocycles. The molecule has 0 radical (unpaired) electrons.